The second-order valence-electron chi connectivity index (χ2n) is 7.88. The van der Waals surface area contributed by atoms with Crippen LogP contribution in [0.2, 0.25) is 10.0 Å². The van der Waals surface area contributed by atoms with Crippen molar-refractivity contribution in [3.63, 3.8) is 0 Å². The van der Waals surface area contributed by atoms with E-state index in [1.807, 2.05) is 62.5 Å². The Morgan fingerprint density at radius 2 is 1.84 bits per heavy atom. The second kappa shape index (κ2) is 9.60. The number of hydrogen-bond donors (Lipinski definition) is 1. The highest BCUT2D eigenvalue weighted by Crippen LogP contribution is 2.25. The van der Waals surface area contributed by atoms with Crippen molar-refractivity contribution in [2.75, 3.05) is 0 Å². The number of hydrazone groups is 1. The summed E-state index contributed by atoms with van der Waals surface area (Å²) in [6.45, 7) is 4.70. The number of amides is 1. The molecule has 0 bridgehead atoms. The Bertz CT molecular complexity index is 1320. The molecule has 0 radical (unpaired) electrons. The molecule has 4 rings (SSSR count). The summed E-state index contributed by atoms with van der Waals surface area (Å²) in [6, 6.07) is 19.8. The summed E-state index contributed by atoms with van der Waals surface area (Å²) in [5.41, 5.74) is 8.98. The number of para-hydroxylation sites is 1. The average molecular weight is 464 g/mol. The molecule has 6 heteroatoms. The van der Waals surface area contributed by atoms with Crippen molar-refractivity contribution in [3.05, 3.63) is 105 Å². The van der Waals surface area contributed by atoms with Crippen LogP contribution in [0.4, 0.5) is 0 Å². The van der Waals surface area contributed by atoms with E-state index in [-0.39, 0.29) is 5.91 Å². The number of aryl methyl sites for hydroxylation is 2. The van der Waals surface area contributed by atoms with Crippen molar-refractivity contribution in [3.8, 4) is 0 Å². The molecule has 0 unspecified atom stereocenters. The van der Waals surface area contributed by atoms with E-state index in [4.69, 9.17) is 23.2 Å². The highest BCUT2D eigenvalue weighted by molar-refractivity contribution is 6.42. The third-order valence-electron chi connectivity index (χ3n) is 5.40. The van der Waals surface area contributed by atoms with E-state index in [9.17, 15) is 4.79 Å². The van der Waals surface area contributed by atoms with Crippen LogP contribution in [0.3, 0.4) is 0 Å². The fourth-order valence-corrected chi connectivity index (χ4v) is 4.09. The van der Waals surface area contributed by atoms with Crippen LogP contribution in [0, 0.1) is 13.8 Å². The number of benzene rings is 3. The van der Waals surface area contributed by atoms with Crippen LogP contribution in [-0.2, 0) is 17.8 Å². The van der Waals surface area contributed by atoms with E-state index in [2.05, 4.69) is 27.2 Å². The van der Waals surface area contributed by atoms with Crippen molar-refractivity contribution in [1.29, 1.82) is 0 Å². The van der Waals surface area contributed by atoms with Gasteiger partial charge in [0.2, 0.25) is 5.91 Å². The molecule has 0 aliphatic carbocycles. The van der Waals surface area contributed by atoms with Gasteiger partial charge in [0.1, 0.15) is 0 Å². The summed E-state index contributed by atoms with van der Waals surface area (Å²) in [7, 11) is 0. The van der Waals surface area contributed by atoms with Gasteiger partial charge in [0.15, 0.2) is 0 Å². The zero-order chi connectivity index (χ0) is 22.7. The molecule has 1 heterocycles. The van der Waals surface area contributed by atoms with Gasteiger partial charge in [-0.2, -0.15) is 5.10 Å². The summed E-state index contributed by atoms with van der Waals surface area (Å²) in [5.74, 6) is -0.146. The smallest absolute Gasteiger partial charge is 0.244 e. The van der Waals surface area contributed by atoms with E-state index in [1.165, 1.54) is 5.56 Å². The first kappa shape index (κ1) is 22.1. The quantitative estimate of drug-likeness (QED) is 0.264. The Labute approximate surface area is 197 Å². The average Bonchev–Trinajstić information content (AvgIpc) is 3.10. The lowest BCUT2D eigenvalue weighted by molar-refractivity contribution is -0.120. The van der Waals surface area contributed by atoms with E-state index in [0.29, 0.717) is 23.0 Å². The molecular weight excluding hydrogens is 441 g/mol. The topological polar surface area (TPSA) is 46.4 Å². The summed E-state index contributed by atoms with van der Waals surface area (Å²) in [4.78, 5) is 12.4. The van der Waals surface area contributed by atoms with Crippen LogP contribution in [0.15, 0.2) is 72.0 Å². The first-order valence-electron chi connectivity index (χ1n) is 10.3. The summed E-state index contributed by atoms with van der Waals surface area (Å²) in [5, 5.41) is 6.34. The van der Waals surface area contributed by atoms with E-state index in [0.717, 1.165) is 33.2 Å². The third kappa shape index (κ3) is 5.04. The van der Waals surface area contributed by atoms with Gasteiger partial charge in [-0.15, -0.1) is 0 Å². The molecule has 32 heavy (non-hydrogen) atoms. The molecular formula is C26H23Cl2N3O. The van der Waals surface area contributed by atoms with Crippen molar-refractivity contribution >= 4 is 46.2 Å². The van der Waals surface area contributed by atoms with Gasteiger partial charge in [0, 0.05) is 29.2 Å². The minimum atomic E-state index is -0.146. The summed E-state index contributed by atoms with van der Waals surface area (Å²) >= 11 is 12.2. The number of hydrogen-bond acceptors (Lipinski definition) is 2. The lowest BCUT2D eigenvalue weighted by Gasteiger charge is -2.06. The molecule has 1 amide bonds. The van der Waals surface area contributed by atoms with Gasteiger partial charge >= 0.3 is 0 Å². The van der Waals surface area contributed by atoms with Crippen molar-refractivity contribution in [1.82, 2.24) is 9.99 Å². The molecule has 0 atom stereocenters. The maximum Gasteiger partial charge on any atom is 0.244 e. The molecule has 0 aliphatic rings. The Morgan fingerprint density at radius 3 is 2.62 bits per heavy atom. The molecule has 0 saturated heterocycles. The van der Waals surface area contributed by atoms with E-state index in [1.54, 1.807) is 12.3 Å². The Kier molecular flexibility index (Phi) is 6.63. The number of carbonyl (C=O) groups is 1. The van der Waals surface area contributed by atoms with E-state index >= 15 is 0 Å². The molecule has 3 aromatic carbocycles. The molecule has 0 spiro atoms. The zero-order valence-corrected chi connectivity index (χ0v) is 19.4. The first-order valence-corrected chi connectivity index (χ1v) is 11.1. The van der Waals surface area contributed by atoms with Crippen LogP contribution >= 0.6 is 23.2 Å². The van der Waals surface area contributed by atoms with Gasteiger partial charge in [-0.25, -0.2) is 5.43 Å². The molecule has 162 valence electrons. The Balaban J connectivity index is 1.51. The second-order valence-corrected chi connectivity index (χ2v) is 8.69. The van der Waals surface area contributed by atoms with Crippen molar-refractivity contribution in [2.24, 2.45) is 5.10 Å². The molecule has 1 N–H and O–H groups in total. The number of halogens is 2. The van der Waals surface area contributed by atoms with Gasteiger partial charge in [-0.3, -0.25) is 4.79 Å². The predicted molar refractivity (Wildman–Crippen MR) is 133 cm³/mol. The van der Waals surface area contributed by atoms with Crippen LogP contribution in [0.5, 0.6) is 0 Å². The minimum absolute atomic E-state index is 0.146. The minimum Gasteiger partial charge on any atom is -0.342 e. The number of nitrogens with one attached hydrogen (secondary N) is 1. The van der Waals surface area contributed by atoms with Gasteiger partial charge in [0.25, 0.3) is 0 Å². The SMILES string of the molecule is Cc1ccc(CC(=O)N/N=C\c2cn(Cc3ccc(Cl)c(Cl)c3)c3ccccc23)c(C)c1. The third-order valence-corrected chi connectivity index (χ3v) is 6.14. The number of fused-ring (bicyclic) bond motifs is 1. The fourth-order valence-electron chi connectivity index (χ4n) is 3.77. The van der Waals surface area contributed by atoms with Gasteiger partial charge in [0.05, 0.1) is 22.7 Å². The Hall–Kier alpha value is -3.08. The molecule has 4 aromatic rings. The number of rotatable bonds is 6. The van der Waals surface area contributed by atoms with Crippen molar-refractivity contribution in [2.45, 2.75) is 26.8 Å². The van der Waals surface area contributed by atoms with E-state index < -0.39 is 0 Å². The Morgan fingerprint density at radius 1 is 1.03 bits per heavy atom. The summed E-state index contributed by atoms with van der Waals surface area (Å²) < 4.78 is 2.13. The van der Waals surface area contributed by atoms with Crippen LogP contribution in [-0.4, -0.2) is 16.7 Å². The monoisotopic (exact) mass is 463 g/mol. The lowest BCUT2D eigenvalue weighted by Crippen LogP contribution is -2.20. The van der Waals surface area contributed by atoms with Crippen LogP contribution < -0.4 is 5.43 Å². The van der Waals surface area contributed by atoms with Gasteiger partial charge < -0.3 is 4.57 Å². The maximum absolute atomic E-state index is 12.4. The normalized spacial score (nSPS) is 11.4. The molecule has 0 saturated carbocycles. The number of aromatic nitrogens is 1. The van der Waals surface area contributed by atoms with Gasteiger partial charge in [-0.1, -0.05) is 71.2 Å². The molecule has 1 aromatic heterocycles. The zero-order valence-electron chi connectivity index (χ0n) is 17.9. The maximum atomic E-state index is 12.4. The predicted octanol–water partition coefficient (Wildman–Crippen LogP) is 6.31. The number of carbonyl (C=O) groups excluding carboxylic acids is 1. The molecule has 0 fully saturated rings. The fraction of sp³-hybridized carbons (Fsp3) is 0.154. The van der Waals surface area contributed by atoms with Crippen LogP contribution in [0.1, 0.15) is 27.8 Å². The van der Waals surface area contributed by atoms with Crippen molar-refractivity contribution < 1.29 is 4.79 Å². The first-order chi connectivity index (χ1) is 15.4. The highest BCUT2D eigenvalue weighted by atomic mass is 35.5. The highest BCUT2D eigenvalue weighted by Gasteiger charge is 2.09. The molecule has 0 aliphatic heterocycles. The van der Waals surface area contributed by atoms with Crippen LogP contribution in [0.25, 0.3) is 10.9 Å². The number of nitrogens with zero attached hydrogens (tertiary/aromatic N) is 2. The summed E-state index contributed by atoms with van der Waals surface area (Å²) in [6.07, 6.45) is 4.00. The standard InChI is InChI=1S/C26H23Cl2N3O/c1-17-7-9-20(18(2)11-17)13-26(32)30-29-14-21-16-31(25-6-4-3-5-22(21)25)15-19-8-10-23(27)24(28)12-19/h3-12,14,16H,13,15H2,1-2H3,(H,30,32)/b29-14-. The van der Waals surface area contributed by atoms with Gasteiger partial charge in [-0.05, 0) is 48.7 Å². The lowest BCUT2D eigenvalue weighted by atomic mass is 10.0. The molecule has 4 nitrogen and oxygen atoms in total. The largest absolute Gasteiger partial charge is 0.342 e.